The molecule has 1 unspecified atom stereocenters. The second-order valence-corrected chi connectivity index (χ2v) is 9.42. The SMILES string of the molecule is CC1CCN(c2nnc(SC(C)C(=O)Nc3cccc([N+](=O)[O-])c3)n2C2CC2)CC1. The highest BCUT2D eigenvalue weighted by atomic mass is 32.2. The van der Waals surface area contributed by atoms with E-state index in [-0.39, 0.29) is 11.6 Å². The molecular weight excluding hydrogens is 404 g/mol. The molecule has 0 spiro atoms. The average molecular weight is 431 g/mol. The first-order valence-corrected chi connectivity index (χ1v) is 11.2. The molecule has 4 rings (SSSR count). The number of piperidine rings is 1. The van der Waals surface area contributed by atoms with Crippen molar-refractivity contribution in [2.24, 2.45) is 5.92 Å². The van der Waals surface area contributed by atoms with Gasteiger partial charge in [0.2, 0.25) is 11.9 Å². The average Bonchev–Trinajstić information content (AvgIpc) is 3.49. The van der Waals surface area contributed by atoms with Crippen LogP contribution in [0.1, 0.15) is 45.6 Å². The Kier molecular flexibility index (Phi) is 5.94. The van der Waals surface area contributed by atoms with Crippen molar-refractivity contribution in [2.75, 3.05) is 23.3 Å². The first-order chi connectivity index (χ1) is 14.4. The standard InChI is InChI=1S/C20H26N6O3S/c1-13-8-10-24(11-9-13)19-22-23-20(25(19)16-6-7-16)30-14(2)18(27)21-15-4-3-5-17(12-15)26(28)29/h3-5,12-14,16H,6-11H2,1-2H3,(H,21,27). The van der Waals surface area contributed by atoms with Crippen LogP contribution in [0.15, 0.2) is 29.4 Å². The molecule has 1 amide bonds. The van der Waals surface area contributed by atoms with Crippen molar-refractivity contribution in [3.63, 3.8) is 0 Å². The molecule has 160 valence electrons. The number of aromatic nitrogens is 3. The summed E-state index contributed by atoms with van der Waals surface area (Å²) in [5.74, 6) is 1.43. The molecule has 2 fully saturated rings. The van der Waals surface area contributed by atoms with Gasteiger partial charge in [-0.3, -0.25) is 19.5 Å². The molecule has 9 nitrogen and oxygen atoms in total. The molecule has 1 saturated heterocycles. The van der Waals surface area contributed by atoms with Gasteiger partial charge >= 0.3 is 0 Å². The summed E-state index contributed by atoms with van der Waals surface area (Å²) < 4.78 is 2.19. The molecule has 1 saturated carbocycles. The van der Waals surface area contributed by atoms with Gasteiger partial charge in [0.05, 0.1) is 10.2 Å². The number of anilines is 2. The number of nitrogens with one attached hydrogen (secondary N) is 1. The fourth-order valence-electron chi connectivity index (χ4n) is 3.58. The molecule has 2 aromatic rings. The molecular formula is C20H26N6O3S. The van der Waals surface area contributed by atoms with E-state index in [2.05, 4.69) is 31.9 Å². The summed E-state index contributed by atoms with van der Waals surface area (Å²) in [6.07, 6.45) is 4.53. The number of carbonyl (C=O) groups is 1. The van der Waals surface area contributed by atoms with Crippen molar-refractivity contribution in [3.8, 4) is 0 Å². The minimum atomic E-state index is -0.477. The highest BCUT2D eigenvalue weighted by Crippen LogP contribution is 2.42. The Balaban J connectivity index is 1.45. The van der Waals surface area contributed by atoms with Crippen LogP contribution in [0, 0.1) is 16.0 Å². The first-order valence-electron chi connectivity index (χ1n) is 10.3. The zero-order valence-electron chi connectivity index (χ0n) is 17.2. The lowest BCUT2D eigenvalue weighted by molar-refractivity contribution is -0.384. The second-order valence-electron chi connectivity index (χ2n) is 8.11. The van der Waals surface area contributed by atoms with Crippen LogP contribution in [0.5, 0.6) is 0 Å². The van der Waals surface area contributed by atoms with Crippen LogP contribution in [0.3, 0.4) is 0 Å². The summed E-state index contributed by atoms with van der Waals surface area (Å²) in [4.78, 5) is 25.4. The van der Waals surface area contributed by atoms with Gasteiger partial charge < -0.3 is 10.2 Å². The lowest BCUT2D eigenvalue weighted by Gasteiger charge is -2.31. The predicted molar refractivity (Wildman–Crippen MR) is 116 cm³/mol. The Morgan fingerprint density at radius 3 is 2.67 bits per heavy atom. The molecule has 30 heavy (non-hydrogen) atoms. The monoisotopic (exact) mass is 430 g/mol. The van der Waals surface area contributed by atoms with Gasteiger partial charge in [-0.25, -0.2) is 0 Å². The maximum absolute atomic E-state index is 12.7. The quantitative estimate of drug-likeness (QED) is 0.404. The zero-order chi connectivity index (χ0) is 21.3. The summed E-state index contributed by atoms with van der Waals surface area (Å²) in [5, 5.41) is 22.9. The highest BCUT2D eigenvalue weighted by Gasteiger charge is 2.33. The van der Waals surface area contributed by atoms with E-state index in [1.165, 1.54) is 23.9 Å². The maximum Gasteiger partial charge on any atom is 0.271 e. The van der Waals surface area contributed by atoms with Crippen LogP contribution in [0.25, 0.3) is 0 Å². The van der Waals surface area contributed by atoms with Crippen molar-refractivity contribution < 1.29 is 9.72 Å². The number of hydrogen-bond donors (Lipinski definition) is 1. The minimum absolute atomic E-state index is 0.0536. The molecule has 10 heteroatoms. The molecule has 1 atom stereocenters. The normalized spacial score (nSPS) is 18.3. The summed E-state index contributed by atoms with van der Waals surface area (Å²) in [7, 11) is 0. The van der Waals surface area contributed by atoms with Crippen LogP contribution in [-0.4, -0.2) is 43.9 Å². The van der Waals surface area contributed by atoms with Gasteiger partial charge in [0, 0.05) is 37.0 Å². The Labute approximate surface area is 179 Å². The minimum Gasteiger partial charge on any atom is -0.341 e. The van der Waals surface area contributed by atoms with Gasteiger partial charge in [-0.15, -0.1) is 10.2 Å². The van der Waals surface area contributed by atoms with Gasteiger partial charge in [0.1, 0.15) is 0 Å². The number of nitrogens with zero attached hydrogens (tertiary/aromatic N) is 5. The third-order valence-corrected chi connectivity index (χ3v) is 6.66. The number of thioether (sulfide) groups is 1. The van der Waals surface area contributed by atoms with Gasteiger partial charge in [-0.1, -0.05) is 24.8 Å². The van der Waals surface area contributed by atoms with E-state index in [1.807, 2.05) is 6.92 Å². The Morgan fingerprint density at radius 1 is 1.27 bits per heavy atom. The van der Waals surface area contributed by atoms with Crippen LogP contribution in [0.4, 0.5) is 17.3 Å². The van der Waals surface area contributed by atoms with E-state index in [9.17, 15) is 14.9 Å². The highest BCUT2D eigenvalue weighted by molar-refractivity contribution is 8.00. The third kappa shape index (κ3) is 4.58. The Bertz CT molecular complexity index is 936. The van der Waals surface area contributed by atoms with Gasteiger partial charge in [-0.05, 0) is 44.6 Å². The Morgan fingerprint density at radius 2 is 2.00 bits per heavy atom. The van der Waals surface area contributed by atoms with Crippen molar-refractivity contribution in [1.82, 2.24) is 14.8 Å². The third-order valence-electron chi connectivity index (χ3n) is 5.60. The zero-order valence-corrected chi connectivity index (χ0v) is 18.0. The summed E-state index contributed by atoms with van der Waals surface area (Å²) in [6, 6.07) is 6.36. The fraction of sp³-hybridized carbons (Fsp3) is 0.550. The van der Waals surface area contributed by atoms with Crippen LogP contribution >= 0.6 is 11.8 Å². The largest absolute Gasteiger partial charge is 0.341 e. The Hall–Kier alpha value is -2.62. The molecule has 0 bridgehead atoms. The maximum atomic E-state index is 12.7. The molecule has 1 aliphatic heterocycles. The molecule has 1 N–H and O–H groups in total. The number of amides is 1. The molecule has 2 heterocycles. The number of nitro groups is 1. The number of carbonyl (C=O) groups excluding carboxylic acids is 1. The van der Waals surface area contributed by atoms with Crippen molar-refractivity contribution in [3.05, 3.63) is 34.4 Å². The molecule has 2 aliphatic rings. The van der Waals surface area contributed by atoms with Crippen molar-refractivity contribution in [2.45, 2.75) is 56.0 Å². The van der Waals surface area contributed by atoms with Gasteiger partial charge in [-0.2, -0.15) is 0 Å². The van der Waals surface area contributed by atoms with Crippen molar-refractivity contribution >= 4 is 35.0 Å². The van der Waals surface area contributed by atoms with E-state index in [1.54, 1.807) is 12.1 Å². The molecule has 1 aliphatic carbocycles. The smallest absolute Gasteiger partial charge is 0.271 e. The first kappa shape index (κ1) is 20.6. The van der Waals surface area contributed by atoms with E-state index >= 15 is 0 Å². The van der Waals surface area contributed by atoms with Crippen LogP contribution in [-0.2, 0) is 4.79 Å². The number of non-ortho nitro benzene ring substituents is 1. The van der Waals surface area contributed by atoms with Gasteiger partial charge in [0.25, 0.3) is 5.69 Å². The van der Waals surface area contributed by atoms with E-state index in [0.29, 0.717) is 11.7 Å². The summed E-state index contributed by atoms with van der Waals surface area (Å²) in [6.45, 7) is 6.07. The fourth-order valence-corrected chi connectivity index (χ4v) is 4.49. The summed E-state index contributed by atoms with van der Waals surface area (Å²) in [5.41, 5.74) is 0.357. The van der Waals surface area contributed by atoms with E-state index < -0.39 is 10.2 Å². The number of nitro benzene ring substituents is 1. The van der Waals surface area contributed by atoms with Crippen LogP contribution in [0.2, 0.25) is 0 Å². The molecule has 1 aromatic heterocycles. The molecule has 1 aromatic carbocycles. The number of benzene rings is 1. The molecule has 0 radical (unpaired) electrons. The lowest BCUT2D eigenvalue weighted by Crippen LogP contribution is -2.34. The second kappa shape index (κ2) is 8.63. The summed E-state index contributed by atoms with van der Waals surface area (Å²) >= 11 is 1.38. The van der Waals surface area contributed by atoms with E-state index in [4.69, 9.17) is 0 Å². The number of rotatable bonds is 7. The van der Waals surface area contributed by atoms with E-state index in [0.717, 1.165) is 55.8 Å². The number of hydrogen-bond acceptors (Lipinski definition) is 7. The lowest BCUT2D eigenvalue weighted by atomic mass is 10.00. The van der Waals surface area contributed by atoms with Gasteiger partial charge in [0.15, 0.2) is 5.16 Å². The van der Waals surface area contributed by atoms with Crippen molar-refractivity contribution in [1.29, 1.82) is 0 Å². The van der Waals surface area contributed by atoms with Crippen LogP contribution < -0.4 is 10.2 Å². The predicted octanol–water partition coefficient (Wildman–Crippen LogP) is 3.88. The topological polar surface area (TPSA) is 106 Å².